The molecule has 0 aromatic carbocycles. The summed E-state index contributed by atoms with van der Waals surface area (Å²) < 4.78 is 0. The third kappa shape index (κ3) is 4.12. The molecule has 0 fully saturated rings. The Bertz CT molecular complexity index is 415. The van der Waals surface area contributed by atoms with Gasteiger partial charge in [-0.2, -0.15) is 0 Å². The van der Waals surface area contributed by atoms with Gasteiger partial charge >= 0.3 is 0 Å². The molecule has 1 N–H and O–H groups in total. The highest BCUT2D eigenvalue weighted by molar-refractivity contribution is 6.29. The van der Waals surface area contributed by atoms with Crippen molar-refractivity contribution in [2.75, 3.05) is 24.6 Å². The van der Waals surface area contributed by atoms with E-state index in [1.807, 2.05) is 6.92 Å². The average Bonchev–Trinajstić information content (AvgIpc) is 2.33. The summed E-state index contributed by atoms with van der Waals surface area (Å²) in [5.74, 6) is 0.428. The van der Waals surface area contributed by atoms with Gasteiger partial charge in [0.05, 0.1) is 23.7 Å². The van der Waals surface area contributed by atoms with Crippen molar-refractivity contribution in [2.24, 2.45) is 0 Å². The monoisotopic (exact) mass is 273 g/mol. The lowest BCUT2D eigenvalue weighted by Crippen LogP contribution is -2.28. The zero-order valence-corrected chi connectivity index (χ0v) is 10.9. The Morgan fingerprint density at radius 1 is 1.50 bits per heavy atom. The fourth-order valence-electron chi connectivity index (χ4n) is 1.55. The maximum atomic E-state index is 10.8. The lowest BCUT2D eigenvalue weighted by Gasteiger charge is -2.22. The minimum absolute atomic E-state index is 0.0360. The van der Waals surface area contributed by atoms with Crippen LogP contribution in [-0.2, 0) is 0 Å². The lowest BCUT2D eigenvalue weighted by atomic mass is 10.3. The van der Waals surface area contributed by atoms with Gasteiger partial charge in [0.2, 0.25) is 0 Å². The molecule has 0 aliphatic carbocycles. The van der Waals surface area contributed by atoms with Crippen molar-refractivity contribution >= 4 is 23.1 Å². The van der Waals surface area contributed by atoms with E-state index in [0.717, 1.165) is 12.8 Å². The minimum atomic E-state index is -0.506. The summed E-state index contributed by atoms with van der Waals surface area (Å²) in [6.45, 7) is 3.07. The van der Waals surface area contributed by atoms with Gasteiger partial charge in [-0.05, 0) is 6.42 Å². The summed E-state index contributed by atoms with van der Waals surface area (Å²) >= 11 is 5.77. The highest BCUT2D eigenvalue weighted by atomic mass is 35.5. The van der Waals surface area contributed by atoms with Gasteiger partial charge in [0.1, 0.15) is 11.0 Å². The van der Waals surface area contributed by atoms with Crippen LogP contribution in [0.5, 0.6) is 0 Å². The molecule has 0 radical (unpaired) electrons. The summed E-state index contributed by atoms with van der Waals surface area (Å²) in [6, 6.07) is 2.58. The Morgan fingerprint density at radius 3 is 2.78 bits per heavy atom. The molecule has 6 nitrogen and oxygen atoms in total. The molecular formula is C11H16ClN3O3. The standard InChI is InChI=1S/C11H16ClN3O3/c1-2-3-4-14(5-6-16)11-8-9(15(17)18)7-10(12)13-11/h7-8,16H,2-6H2,1H3. The van der Waals surface area contributed by atoms with Crippen LogP contribution in [0.3, 0.4) is 0 Å². The van der Waals surface area contributed by atoms with Crippen LogP contribution < -0.4 is 4.90 Å². The van der Waals surface area contributed by atoms with E-state index in [2.05, 4.69) is 4.98 Å². The Hall–Kier alpha value is -1.40. The second kappa shape index (κ2) is 7.13. The Morgan fingerprint density at radius 2 is 2.22 bits per heavy atom. The van der Waals surface area contributed by atoms with E-state index in [4.69, 9.17) is 16.7 Å². The first-order valence-electron chi connectivity index (χ1n) is 5.76. The Labute approximate surface area is 110 Å². The normalized spacial score (nSPS) is 10.4. The van der Waals surface area contributed by atoms with Crippen molar-refractivity contribution < 1.29 is 10.0 Å². The van der Waals surface area contributed by atoms with Crippen LogP contribution in [0.1, 0.15) is 19.8 Å². The molecule has 0 saturated heterocycles. The first-order valence-corrected chi connectivity index (χ1v) is 6.14. The number of unbranched alkanes of at least 4 members (excludes halogenated alkanes) is 1. The first-order chi connectivity index (χ1) is 8.58. The van der Waals surface area contributed by atoms with Gasteiger partial charge in [-0.15, -0.1) is 0 Å². The highest BCUT2D eigenvalue weighted by Crippen LogP contribution is 2.23. The molecule has 0 saturated carbocycles. The van der Waals surface area contributed by atoms with Gasteiger partial charge < -0.3 is 10.0 Å². The van der Waals surface area contributed by atoms with Gasteiger partial charge in [0.25, 0.3) is 5.69 Å². The van der Waals surface area contributed by atoms with E-state index < -0.39 is 4.92 Å². The number of nitrogens with zero attached hydrogens (tertiary/aromatic N) is 3. The molecule has 1 rings (SSSR count). The van der Waals surface area contributed by atoms with Gasteiger partial charge in [0.15, 0.2) is 0 Å². The van der Waals surface area contributed by atoms with Gasteiger partial charge in [-0.1, -0.05) is 24.9 Å². The third-order valence-corrected chi connectivity index (χ3v) is 2.65. The molecule has 1 heterocycles. The lowest BCUT2D eigenvalue weighted by molar-refractivity contribution is -0.384. The molecule has 0 aliphatic heterocycles. The minimum Gasteiger partial charge on any atom is -0.395 e. The molecule has 0 unspecified atom stereocenters. The summed E-state index contributed by atoms with van der Waals surface area (Å²) in [5, 5.41) is 19.8. The molecule has 1 aromatic heterocycles. The van der Waals surface area contributed by atoms with E-state index in [1.54, 1.807) is 4.90 Å². The predicted molar refractivity (Wildman–Crippen MR) is 70.1 cm³/mol. The molecule has 18 heavy (non-hydrogen) atoms. The van der Waals surface area contributed by atoms with Crippen LogP contribution in [0.2, 0.25) is 5.15 Å². The number of aliphatic hydroxyl groups excluding tert-OH is 1. The van der Waals surface area contributed by atoms with E-state index in [-0.39, 0.29) is 17.4 Å². The zero-order chi connectivity index (χ0) is 13.5. The van der Waals surface area contributed by atoms with E-state index >= 15 is 0 Å². The van der Waals surface area contributed by atoms with Crippen LogP contribution in [-0.4, -0.2) is 34.7 Å². The van der Waals surface area contributed by atoms with Crippen molar-refractivity contribution in [3.05, 3.63) is 27.4 Å². The van der Waals surface area contributed by atoms with E-state index in [9.17, 15) is 10.1 Å². The molecule has 0 aliphatic rings. The highest BCUT2D eigenvalue weighted by Gasteiger charge is 2.14. The number of anilines is 1. The number of halogens is 1. The van der Waals surface area contributed by atoms with Gasteiger partial charge in [-0.25, -0.2) is 4.98 Å². The van der Waals surface area contributed by atoms with E-state index in [0.29, 0.717) is 18.9 Å². The van der Waals surface area contributed by atoms with Crippen LogP contribution >= 0.6 is 11.6 Å². The molecule has 0 spiro atoms. The van der Waals surface area contributed by atoms with E-state index in [1.165, 1.54) is 12.1 Å². The second-order valence-corrected chi connectivity index (χ2v) is 4.21. The predicted octanol–water partition coefficient (Wildman–Crippen LogP) is 2.24. The smallest absolute Gasteiger partial charge is 0.276 e. The van der Waals surface area contributed by atoms with Crippen molar-refractivity contribution in [3.63, 3.8) is 0 Å². The number of pyridine rings is 1. The van der Waals surface area contributed by atoms with Gasteiger partial charge in [-0.3, -0.25) is 10.1 Å². The SMILES string of the molecule is CCCCN(CCO)c1cc([N+](=O)[O-])cc(Cl)n1. The summed E-state index contributed by atoms with van der Waals surface area (Å²) in [6.07, 6.45) is 1.91. The Balaban J connectivity index is 2.98. The maximum Gasteiger partial charge on any atom is 0.276 e. The molecule has 0 amide bonds. The quantitative estimate of drug-likeness (QED) is 0.468. The molecule has 0 atom stereocenters. The molecule has 1 aromatic rings. The summed E-state index contributed by atoms with van der Waals surface area (Å²) in [7, 11) is 0. The fourth-order valence-corrected chi connectivity index (χ4v) is 1.75. The first kappa shape index (κ1) is 14.7. The molecular weight excluding hydrogens is 258 g/mol. The number of aromatic nitrogens is 1. The summed E-state index contributed by atoms with van der Waals surface area (Å²) in [5.41, 5.74) is -0.0931. The second-order valence-electron chi connectivity index (χ2n) is 3.83. The van der Waals surface area contributed by atoms with Crippen molar-refractivity contribution in [1.29, 1.82) is 0 Å². The maximum absolute atomic E-state index is 10.8. The summed E-state index contributed by atoms with van der Waals surface area (Å²) in [4.78, 5) is 16.1. The van der Waals surface area contributed by atoms with Gasteiger partial charge in [0, 0.05) is 13.1 Å². The Kier molecular flexibility index (Phi) is 5.80. The number of hydrogen-bond donors (Lipinski definition) is 1. The number of aliphatic hydroxyl groups is 1. The number of hydrogen-bond acceptors (Lipinski definition) is 5. The van der Waals surface area contributed by atoms with Crippen LogP contribution in [0.15, 0.2) is 12.1 Å². The van der Waals surface area contributed by atoms with Crippen LogP contribution in [0, 0.1) is 10.1 Å². The number of nitro groups is 1. The zero-order valence-electron chi connectivity index (χ0n) is 10.2. The molecule has 100 valence electrons. The van der Waals surface area contributed by atoms with Crippen molar-refractivity contribution in [1.82, 2.24) is 4.98 Å². The fraction of sp³-hybridized carbons (Fsp3) is 0.545. The van der Waals surface area contributed by atoms with Crippen molar-refractivity contribution in [3.8, 4) is 0 Å². The topological polar surface area (TPSA) is 79.5 Å². The number of rotatable bonds is 7. The van der Waals surface area contributed by atoms with Crippen molar-refractivity contribution in [2.45, 2.75) is 19.8 Å². The van der Waals surface area contributed by atoms with Crippen LogP contribution in [0.25, 0.3) is 0 Å². The molecule has 0 bridgehead atoms. The third-order valence-electron chi connectivity index (χ3n) is 2.45. The molecule has 7 heteroatoms. The average molecular weight is 274 g/mol. The van der Waals surface area contributed by atoms with Crippen LogP contribution in [0.4, 0.5) is 11.5 Å². The largest absolute Gasteiger partial charge is 0.395 e.